The number of rotatable bonds is 5. The van der Waals surface area contributed by atoms with Gasteiger partial charge in [0.2, 0.25) is 0 Å². The quantitative estimate of drug-likeness (QED) is 0.592. The van der Waals surface area contributed by atoms with Gasteiger partial charge in [-0.2, -0.15) is 39.5 Å². The van der Waals surface area contributed by atoms with Crippen molar-refractivity contribution >= 4 is 0 Å². The first-order chi connectivity index (χ1) is 13.1. The van der Waals surface area contributed by atoms with E-state index >= 15 is 0 Å². The summed E-state index contributed by atoms with van der Waals surface area (Å²) in [6.45, 7) is -2.46. The van der Waals surface area contributed by atoms with Crippen LogP contribution in [0.1, 0.15) is 16.7 Å². The first kappa shape index (κ1) is 22.5. The second kappa shape index (κ2) is 7.91. The summed E-state index contributed by atoms with van der Waals surface area (Å²) in [7, 11) is 0. The summed E-state index contributed by atoms with van der Waals surface area (Å²) in [6.07, 6.45) is -14.8. The third-order valence-corrected chi connectivity index (χ3v) is 3.32. The Kier molecular flexibility index (Phi) is 6.14. The predicted octanol–water partition coefficient (Wildman–Crippen LogP) is 5.95. The zero-order valence-corrected chi connectivity index (χ0v) is 14.0. The van der Waals surface area contributed by atoms with Gasteiger partial charge in [0.15, 0.2) is 6.61 Å². The maximum absolute atomic E-state index is 12.8. The number of halogens is 9. The summed E-state index contributed by atoms with van der Waals surface area (Å²) in [5.41, 5.74) is -3.58. The summed E-state index contributed by atoms with van der Waals surface area (Å²) in [4.78, 5) is 0. The second-order valence-electron chi connectivity index (χ2n) is 5.77. The van der Waals surface area contributed by atoms with Gasteiger partial charge in [0, 0.05) is 18.2 Å². The molecule has 2 aromatic rings. The lowest BCUT2D eigenvalue weighted by Crippen LogP contribution is -2.19. The maximum Gasteiger partial charge on any atom is 0.422 e. The molecule has 1 N–H and O–H groups in total. The molecule has 12 heteroatoms. The Morgan fingerprint density at radius 1 is 0.655 bits per heavy atom. The van der Waals surface area contributed by atoms with Crippen LogP contribution in [0.3, 0.4) is 0 Å². The van der Waals surface area contributed by atoms with Gasteiger partial charge in [0.05, 0.1) is 11.1 Å². The van der Waals surface area contributed by atoms with Crippen LogP contribution in [0.15, 0.2) is 36.4 Å². The van der Waals surface area contributed by atoms with E-state index in [4.69, 9.17) is 4.74 Å². The number of hydrogen-bond acceptors (Lipinski definition) is 3. The summed E-state index contributed by atoms with van der Waals surface area (Å²) in [6, 6.07) is 3.45. The lowest BCUT2D eigenvalue weighted by molar-refractivity contribution is -0.153. The van der Waals surface area contributed by atoms with Gasteiger partial charge in [-0.05, 0) is 23.8 Å². The third-order valence-electron chi connectivity index (χ3n) is 3.32. The highest BCUT2D eigenvalue weighted by Crippen LogP contribution is 2.37. The zero-order valence-electron chi connectivity index (χ0n) is 14.0. The second-order valence-corrected chi connectivity index (χ2v) is 5.77. The van der Waals surface area contributed by atoms with Crippen molar-refractivity contribution in [1.82, 2.24) is 0 Å². The first-order valence-electron chi connectivity index (χ1n) is 7.58. The lowest BCUT2D eigenvalue weighted by Gasteiger charge is -2.15. The van der Waals surface area contributed by atoms with E-state index < -0.39 is 59.9 Å². The van der Waals surface area contributed by atoms with Crippen molar-refractivity contribution < 1.29 is 54.1 Å². The standard InChI is InChI=1S/C17H11F9O3/c18-15(19,20)8-29-14-5-12(27)4-13(6-14)28-7-9-1-10(16(21,22)23)3-11(2-9)17(24,25)26/h1-6,27H,7-8H2. The highest BCUT2D eigenvalue weighted by molar-refractivity contribution is 5.41. The SMILES string of the molecule is Oc1cc(OCc2cc(C(F)(F)F)cc(C(F)(F)F)c2)cc(OCC(F)(F)F)c1. The minimum Gasteiger partial charge on any atom is -0.508 e. The molecule has 160 valence electrons. The molecule has 2 rings (SSSR count). The topological polar surface area (TPSA) is 38.7 Å². The van der Waals surface area contributed by atoms with Gasteiger partial charge in [-0.3, -0.25) is 0 Å². The van der Waals surface area contributed by atoms with Gasteiger partial charge in [-0.25, -0.2) is 0 Å². The van der Waals surface area contributed by atoms with Crippen LogP contribution < -0.4 is 9.47 Å². The number of alkyl halides is 9. The van der Waals surface area contributed by atoms with Crippen molar-refractivity contribution in [3.8, 4) is 17.2 Å². The smallest absolute Gasteiger partial charge is 0.422 e. The zero-order chi connectivity index (χ0) is 22.0. The predicted molar refractivity (Wildman–Crippen MR) is 80.4 cm³/mol. The minimum absolute atomic E-state index is 0.0546. The Morgan fingerprint density at radius 3 is 1.59 bits per heavy atom. The van der Waals surface area contributed by atoms with Crippen molar-refractivity contribution in [2.45, 2.75) is 25.1 Å². The monoisotopic (exact) mass is 434 g/mol. The number of phenols is 1. The molecule has 0 atom stereocenters. The van der Waals surface area contributed by atoms with E-state index in [-0.39, 0.29) is 11.8 Å². The lowest BCUT2D eigenvalue weighted by atomic mass is 10.1. The Morgan fingerprint density at radius 2 is 1.14 bits per heavy atom. The summed E-state index contributed by atoms with van der Waals surface area (Å²) < 4.78 is 123. The van der Waals surface area contributed by atoms with Crippen molar-refractivity contribution in [3.63, 3.8) is 0 Å². The van der Waals surface area contributed by atoms with E-state index in [9.17, 15) is 44.6 Å². The van der Waals surface area contributed by atoms with E-state index in [1.54, 1.807) is 0 Å². The van der Waals surface area contributed by atoms with E-state index in [1.165, 1.54) is 0 Å². The van der Waals surface area contributed by atoms with Crippen molar-refractivity contribution in [3.05, 3.63) is 53.1 Å². The largest absolute Gasteiger partial charge is 0.508 e. The number of benzene rings is 2. The molecule has 0 saturated carbocycles. The Bertz CT molecular complexity index is 822. The van der Waals surface area contributed by atoms with Crippen LogP contribution in [-0.4, -0.2) is 17.9 Å². The molecule has 0 amide bonds. The average molecular weight is 434 g/mol. The molecular formula is C17H11F9O3. The van der Waals surface area contributed by atoms with Crippen molar-refractivity contribution in [1.29, 1.82) is 0 Å². The molecule has 2 aromatic carbocycles. The molecule has 0 spiro atoms. The van der Waals surface area contributed by atoms with Gasteiger partial charge in [0.25, 0.3) is 0 Å². The molecule has 0 radical (unpaired) electrons. The molecular weight excluding hydrogens is 423 g/mol. The van der Waals surface area contributed by atoms with Crippen LogP contribution in [0, 0.1) is 0 Å². The maximum atomic E-state index is 12.8. The third kappa shape index (κ3) is 6.95. The Labute approximate surface area is 157 Å². The molecule has 0 saturated heterocycles. The van der Waals surface area contributed by atoms with E-state index in [0.29, 0.717) is 12.1 Å². The molecule has 0 bridgehead atoms. The first-order valence-corrected chi connectivity index (χ1v) is 7.58. The van der Waals surface area contributed by atoms with Crippen LogP contribution in [0.4, 0.5) is 39.5 Å². The summed E-state index contributed by atoms with van der Waals surface area (Å²) in [5.74, 6) is -1.37. The van der Waals surface area contributed by atoms with E-state index in [0.717, 1.165) is 18.2 Å². The van der Waals surface area contributed by atoms with Gasteiger partial charge in [-0.15, -0.1) is 0 Å². The molecule has 0 aliphatic heterocycles. The fourth-order valence-corrected chi connectivity index (χ4v) is 2.16. The Balaban J connectivity index is 2.24. The molecule has 0 heterocycles. The number of hydrogen-bond donors (Lipinski definition) is 1. The van der Waals surface area contributed by atoms with Crippen LogP contribution >= 0.6 is 0 Å². The molecule has 29 heavy (non-hydrogen) atoms. The van der Waals surface area contributed by atoms with Crippen LogP contribution in [0.25, 0.3) is 0 Å². The molecule has 0 fully saturated rings. The van der Waals surface area contributed by atoms with Gasteiger partial charge < -0.3 is 14.6 Å². The summed E-state index contributed by atoms with van der Waals surface area (Å²) in [5, 5.41) is 9.48. The van der Waals surface area contributed by atoms with Crippen LogP contribution in [0.2, 0.25) is 0 Å². The fourth-order valence-electron chi connectivity index (χ4n) is 2.16. The number of ether oxygens (including phenoxy) is 2. The van der Waals surface area contributed by atoms with Crippen LogP contribution in [0.5, 0.6) is 17.2 Å². The number of aromatic hydroxyl groups is 1. The molecule has 3 nitrogen and oxygen atoms in total. The van der Waals surface area contributed by atoms with E-state index in [1.807, 2.05) is 0 Å². The van der Waals surface area contributed by atoms with Gasteiger partial charge in [0.1, 0.15) is 23.9 Å². The molecule has 0 aromatic heterocycles. The minimum atomic E-state index is -5.04. The highest BCUT2D eigenvalue weighted by atomic mass is 19.4. The Hall–Kier alpha value is -2.79. The van der Waals surface area contributed by atoms with Crippen LogP contribution in [-0.2, 0) is 19.0 Å². The molecule has 0 aliphatic rings. The molecule has 0 unspecified atom stereocenters. The molecule has 0 aliphatic carbocycles. The van der Waals surface area contributed by atoms with Crippen molar-refractivity contribution in [2.75, 3.05) is 6.61 Å². The fraction of sp³-hybridized carbons (Fsp3) is 0.294. The summed E-state index contributed by atoms with van der Waals surface area (Å²) >= 11 is 0. The van der Waals surface area contributed by atoms with Gasteiger partial charge in [-0.1, -0.05) is 0 Å². The van der Waals surface area contributed by atoms with Crippen molar-refractivity contribution in [2.24, 2.45) is 0 Å². The van der Waals surface area contributed by atoms with E-state index in [2.05, 4.69) is 4.74 Å². The average Bonchev–Trinajstić information content (AvgIpc) is 2.55. The highest BCUT2D eigenvalue weighted by Gasteiger charge is 2.37. The number of phenolic OH excluding ortho intramolecular Hbond substituents is 1. The van der Waals surface area contributed by atoms with Gasteiger partial charge >= 0.3 is 18.5 Å². The normalized spacial score (nSPS) is 12.7.